The molecule has 0 unspecified atom stereocenters. The van der Waals surface area contributed by atoms with Gasteiger partial charge in [-0.05, 0) is 49.7 Å². The first-order valence-corrected chi connectivity index (χ1v) is 10.8. The summed E-state index contributed by atoms with van der Waals surface area (Å²) in [6.07, 6.45) is 1.38. The SMILES string of the molecule is CCOc1ccc(N([C@H](CC)C(=O)Nc2ccccc2OC)S(C)(=O)=O)cc1. The second kappa shape index (κ2) is 9.45. The van der Waals surface area contributed by atoms with Crippen LogP contribution in [-0.2, 0) is 14.8 Å². The molecule has 8 heteroatoms. The summed E-state index contributed by atoms with van der Waals surface area (Å²) < 4.78 is 36.8. The lowest BCUT2D eigenvalue weighted by Gasteiger charge is -2.30. The number of carbonyl (C=O) groups excluding carboxylic acids is 1. The molecule has 0 aromatic heterocycles. The molecule has 0 aliphatic rings. The number of amides is 1. The predicted molar refractivity (Wildman–Crippen MR) is 111 cm³/mol. The molecule has 1 N–H and O–H groups in total. The van der Waals surface area contributed by atoms with E-state index in [-0.39, 0.29) is 0 Å². The number of sulfonamides is 1. The lowest BCUT2D eigenvalue weighted by molar-refractivity contribution is -0.117. The summed E-state index contributed by atoms with van der Waals surface area (Å²) in [5.41, 5.74) is 0.876. The second-order valence-corrected chi connectivity index (χ2v) is 7.96. The second-order valence-electron chi connectivity index (χ2n) is 6.10. The Morgan fingerprint density at radius 2 is 1.75 bits per heavy atom. The molecule has 28 heavy (non-hydrogen) atoms. The van der Waals surface area contributed by atoms with E-state index in [1.54, 1.807) is 55.5 Å². The number of nitrogens with one attached hydrogen (secondary N) is 1. The molecule has 0 saturated heterocycles. The minimum atomic E-state index is -3.71. The van der Waals surface area contributed by atoms with Gasteiger partial charge in [0.1, 0.15) is 17.5 Å². The summed E-state index contributed by atoms with van der Waals surface area (Å²) in [5, 5.41) is 2.77. The maximum absolute atomic E-state index is 12.9. The first-order valence-electron chi connectivity index (χ1n) is 8.98. The highest BCUT2D eigenvalue weighted by Gasteiger charge is 2.31. The monoisotopic (exact) mass is 406 g/mol. The molecule has 1 amide bonds. The van der Waals surface area contributed by atoms with Crippen molar-refractivity contribution in [3.8, 4) is 11.5 Å². The summed E-state index contributed by atoms with van der Waals surface area (Å²) >= 11 is 0. The van der Waals surface area contributed by atoms with Crippen LogP contribution >= 0.6 is 0 Å². The summed E-state index contributed by atoms with van der Waals surface area (Å²) in [6.45, 7) is 4.14. The van der Waals surface area contributed by atoms with Crippen molar-refractivity contribution in [2.24, 2.45) is 0 Å². The third kappa shape index (κ3) is 5.16. The highest BCUT2D eigenvalue weighted by atomic mass is 32.2. The van der Waals surface area contributed by atoms with E-state index in [1.165, 1.54) is 7.11 Å². The smallest absolute Gasteiger partial charge is 0.248 e. The maximum atomic E-state index is 12.9. The van der Waals surface area contributed by atoms with Gasteiger partial charge < -0.3 is 14.8 Å². The molecular formula is C20H26N2O5S. The van der Waals surface area contributed by atoms with E-state index in [4.69, 9.17) is 9.47 Å². The average Bonchev–Trinajstić information content (AvgIpc) is 2.66. The van der Waals surface area contributed by atoms with Crippen LogP contribution in [0.2, 0.25) is 0 Å². The molecule has 2 rings (SSSR count). The van der Waals surface area contributed by atoms with Crippen LogP contribution in [-0.4, -0.2) is 40.3 Å². The molecule has 1 atom stereocenters. The standard InChI is InChI=1S/C20H26N2O5S/c1-5-18(20(23)21-17-9-7-8-10-19(17)26-3)22(28(4,24)25)15-11-13-16(14-12-15)27-6-2/h7-14,18H,5-6H2,1-4H3,(H,21,23)/t18-/m1/s1. The van der Waals surface area contributed by atoms with Gasteiger partial charge in [-0.1, -0.05) is 19.1 Å². The van der Waals surface area contributed by atoms with Crippen LogP contribution in [0.25, 0.3) is 0 Å². The largest absolute Gasteiger partial charge is 0.495 e. The minimum absolute atomic E-state index is 0.293. The van der Waals surface area contributed by atoms with Gasteiger partial charge in [0.25, 0.3) is 0 Å². The summed E-state index contributed by atoms with van der Waals surface area (Å²) in [6, 6.07) is 12.7. The Morgan fingerprint density at radius 3 is 2.29 bits per heavy atom. The summed E-state index contributed by atoms with van der Waals surface area (Å²) in [7, 11) is -2.20. The Balaban J connectivity index is 2.36. The minimum Gasteiger partial charge on any atom is -0.495 e. The van der Waals surface area contributed by atoms with Crippen molar-refractivity contribution in [2.45, 2.75) is 26.3 Å². The first-order chi connectivity index (χ1) is 13.3. The van der Waals surface area contributed by atoms with Gasteiger partial charge in [0.2, 0.25) is 15.9 Å². The Labute approximate surface area is 166 Å². The Kier molecular flexibility index (Phi) is 7.28. The van der Waals surface area contributed by atoms with Crippen LogP contribution in [0.15, 0.2) is 48.5 Å². The molecule has 7 nitrogen and oxygen atoms in total. The number of para-hydroxylation sites is 2. The molecule has 0 fully saturated rings. The number of rotatable bonds is 9. The fourth-order valence-electron chi connectivity index (χ4n) is 2.88. The number of hydrogen-bond acceptors (Lipinski definition) is 5. The molecule has 0 radical (unpaired) electrons. The number of anilines is 2. The highest BCUT2D eigenvalue weighted by Crippen LogP contribution is 2.27. The maximum Gasteiger partial charge on any atom is 0.248 e. The zero-order valence-corrected chi connectivity index (χ0v) is 17.3. The quantitative estimate of drug-likeness (QED) is 0.691. The van der Waals surface area contributed by atoms with Crippen LogP contribution in [0.5, 0.6) is 11.5 Å². The van der Waals surface area contributed by atoms with Gasteiger partial charge in [-0.15, -0.1) is 0 Å². The molecule has 0 aliphatic carbocycles. The van der Waals surface area contributed by atoms with Crippen LogP contribution < -0.4 is 19.1 Å². The highest BCUT2D eigenvalue weighted by molar-refractivity contribution is 7.92. The number of nitrogens with zero attached hydrogens (tertiary/aromatic N) is 1. The van der Waals surface area contributed by atoms with E-state index < -0.39 is 22.0 Å². The van der Waals surface area contributed by atoms with E-state index in [2.05, 4.69) is 5.32 Å². The Bertz CT molecular complexity index is 897. The third-order valence-corrected chi connectivity index (χ3v) is 5.28. The molecule has 0 aliphatic heterocycles. The summed E-state index contributed by atoms with van der Waals surface area (Å²) in [5.74, 6) is 0.690. The van der Waals surface area contributed by atoms with Crippen molar-refractivity contribution in [1.29, 1.82) is 0 Å². The third-order valence-electron chi connectivity index (χ3n) is 4.10. The molecule has 2 aromatic carbocycles. The average molecular weight is 407 g/mol. The topological polar surface area (TPSA) is 84.9 Å². The van der Waals surface area contributed by atoms with Crippen molar-refractivity contribution in [3.63, 3.8) is 0 Å². The van der Waals surface area contributed by atoms with E-state index in [0.717, 1.165) is 10.6 Å². The Morgan fingerprint density at radius 1 is 1.11 bits per heavy atom. The number of benzene rings is 2. The Hall–Kier alpha value is -2.74. The van der Waals surface area contributed by atoms with E-state index in [1.807, 2.05) is 6.92 Å². The van der Waals surface area contributed by atoms with Gasteiger partial charge in [0.15, 0.2) is 0 Å². The van der Waals surface area contributed by atoms with Gasteiger partial charge >= 0.3 is 0 Å². The van der Waals surface area contributed by atoms with Crippen LogP contribution in [0.3, 0.4) is 0 Å². The van der Waals surface area contributed by atoms with Crippen molar-refractivity contribution < 1.29 is 22.7 Å². The van der Waals surface area contributed by atoms with E-state index in [9.17, 15) is 13.2 Å². The van der Waals surface area contributed by atoms with Gasteiger partial charge in [-0.2, -0.15) is 0 Å². The fraction of sp³-hybridized carbons (Fsp3) is 0.350. The van der Waals surface area contributed by atoms with Crippen molar-refractivity contribution in [1.82, 2.24) is 0 Å². The van der Waals surface area contributed by atoms with Gasteiger partial charge in [-0.3, -0.25) is 9.10 Å². The normalized spacial score (nSPS) is 12.1. The van der Waals surface area contributed by atoms with Gasteiger partial charge in [0, 0.05) is 0 Å². The lowest BCUT2D eigenvalue weighted by atomic mass is 10.1. The predicted octanol–water partition coefficient (Wildman–Crippen LogP) is 3.28. The fourth-order valence-corrected chi connectivity index (χ4v) is 4.09. The van der Waals surface area contributed by atoms with Crippen molar-refractivity contribution in [2.75, 3.05) is 29.6 Å². The van der Waals surface area contributed by atoms with Crippen molar-refractivity contribution in [3.05, 3.63) is 48.5 Å². The molecule has 2 aromatic rings. The summed E-state index contributed by atoms with van der Waals surface area (Å²) in [4.78, 5) is 12.9. The number of methoxy groups -OCH3 is 1. The van der Waals surface area contributed by atoms with Crippen LogP contribution in [0.4, 0.5) is 11.4 Å². The van der Waals surface area contributed by atoms with Gasteiger partial charge in [-0.25, -0.2) is 8.42 Å². The number of ether oxygens (including phenoxy) is 2. The first kappa shape index (κ1) is 21.6. The van der Waals surface area contributed by atoms with Crippen molar-refractivity contribution >= 4 is 27.3 Å². The molecule has 0 heterocycles. The number of carbonyl (C=O) groups is 1. The molecule has 152 valence electrons. The van der Waals surface area contributed by atoms with Crippen LogP contribution in [0, 0.1) is 0 Å². The zero-order chi connectivity index (χ0) is 20.7. The van der Waals surface area contributed by atoms with E-state index >= 15 is 0 Å². The molecule has 0 bridgehead atoms. The molecule has 0 saturated carbocycles. The van der Waals surface area contributed by atoms with Crippen LogP contribution in [0.1, 0.15) is 20.3 Å². The zero-order valence-electron chi connectivity index (χ0n) is 16.5. The lowest BCUT2D eigenvalue weighted by Crippen LogP contribution is -2.47. The molecule has 0 spiro atoms. The molecular weight excluding hydrogens is 380 g/mol. The van der Waals surface area contributed by atoms with E-state index in [0.29, 0.717) is 35.9 Å². The number of hydrogen-bond donors (Lipinski definition) is 1. The van der Waals surface area contributed by atoms with Gasteiger partial charge in [0.05, 0.1) is 31.3 Å².